The topological polar surface area (TPSA) is 45.7 Å². The van der Waals surface area contributed by atoms with Crippen LogP contribution in [0.4, 0.5) is 0 Å². The molecule has 0 aliphatic heterocycles. The van der Waals surface area contributed by atoms with Gasteiger partial charge in [-0.05, 0) is 44.4 Å². The van der Waals surface area contributed by atoms with Gasteiger partial charge in [-0.25, -0.2) is 4.99 Å². The van der Waals surface area contributed by atoms with Crippen LogP contribution in [0.25, 0.3) is 0 Å². The third kappa shape index (κ3) is 10.3. The van der Waals surface area contributed by atoms with E-state index in [1.54, 1.807) is 6.07 Å². The van der Waals surface area contributed by atoms with Crippen molar-refractivity contribution >= 4 is 53.1 Å². The molecule has 132 valence electrons. The Bertz CT molecular complexity index is 473. The minimum Gasteiger partial charge on any atom is -0.382 e. The van der Waals surface area contributed by atoms with Crippen LogP contribution in [-0.2, 0) is 11.3 Å². The van der Waals surface area contributed by atoms with E-state index in [1.807, 2.05) is 26.0 Å². The Morgan fingerprint density at radius 1 is 1.17 bits per heavy atom. The third-order valence-electron chi connectivity index (χ3n) is 2.98. The molecule has 0 bridgehead atoms. The number of nitrogens with zero attached hydrogens (tertiary/aromatic N) is 1. The van der Waals surface area contributed by atoms with Crippen LogP contribution in [0.5, 0.6) is 0 Å². The SMILES string of the molecule is CCNC(=NCc1ccc(Cl)cc1Cl)NCCCCOCC.I. The van der Waals surface area contributed by atoms with Crippen LogP contribution in [0, 0.1) is 0 Å². The number of unbranched alkanes of at least 4 members (excludes halogenated alkanes) is 1. The fourth-order valence-electron chi connectivity index (χ4n) is 1.84. The highest BCUT2D eigenvalue weighted by molar-refractivity contribution is 14.0. The average Bonchev–Trinajstić information content (AvgIpc) is 2.49. The van der Waals surface area contributed by atoms with Gasteiger partial charge in [0.2, 0.25) is 0 Å². The molecule has 7 heteroatoms. The summed E-state index contributed by atoms with van der Waals surface area (Å²) in [6.45, 7) is 7.85. The van der Waals surface area contributed by atoms with Crippen molar-refractivity contribution in [2.24, 2.45) is 4.99 Å². The Morgan fingerprint density at radius 2 is 1.96 bits per heavy atom. The van der Waals surface area contributed by atoms with Crippen LogP contribution < -0.4 is 10.6 Å². The molecule has 0 atom stereocenters. The second kappa shape index (κ2) is 14.1. The van der Waals surface area contributed by atoms with Gasteiger partial charge >= 0.3 is 0 Å². The van der Waals surface area contributed by atoms with E-state index in [0.717, 1.165) is 50.7 Å². The van der Waals surface area contributed by atoms with Gasteiger partial charge < -0.3 is 15.4 Å². The first-order valence-electron chi connectivity index (χ1n) is 7.71. The second-order valence-corrected chi connectivity index (χ2v) is 5.61. The van der Waals surface area contributed by atoms with Crippen LogP contribution in [0.15, 0.2) is 23.2 Å². The van der Waals surface area contributed by atoms with E-state index in [4.69, 9.17) is 27.9 Å². The lowest BCUT2D eigenvalue weighted by Crippen LogP contribution is -2.37. The average molecular weight is 474 g/mol. The molecule has 1 aromatic carbocycles. The van der Waals surface area contributed by atoms with E-state index in [-0.39, 0.29) is 24.0 Å². The quantitative estimate of drug-likeness (QED) is 0.240. The van der Waals surface area contributed by atoms with Gasteiger partial charge in [-0.3, -0.25) is 0 Å². The lowest BCUT2D eigenvalue weighted by atomic mass is 10.2. The highest BCUT2D eigenvalue weighted by atomic mass is 127. The van der Waals surface area contributed by atoms with Crippen LogP contribution in [-0.4, -0.2) is 32.3 Å². The molecule has 0 saturated carbocycles. The van der Waals surface area contributed by atoms with Gasteiger partial charge in [0.1, 0.15) is 0 Å². The molecule has 1 rings (SSSR count). The van der Waals surface area contributed by atoms with Gasteiger partial charge in [0, 0.05) is 36.3 Å². The highest BCUT2D eigenvalue weighted by Crippen LogP contribution is 2.21. The lowest BCUT2D eigenvalue weighted by Gasteiger charge is -2.11. The molecular weight excluding hydrogens is 448 g/mol. The fraction of sp³-hybridized carbons (Fsp3) is 0.562. The maximum Gasteiger partial charge on any atom is 0.191 e. The van der Waals surface area contributed by atoms with Gasteiger partial charge in [-0.15, -0.1) is 24.0 Å². The van der Waals surface area contributed by atoms with Crippen molar-refractivity contribution in [1.29, 1.82) is 0 Å². The van der Waals surface area contributed by atoms with E-state index in [2.05, 4.69) is 15.6 Å². The summed E-state index contributed by atoms with van der Waals surface area (Å²) in [5, 5.41) is 7.82. The Hall–Kier alpha value is -0.240. The predicted octanol–water partition coefficient (Wildman–Crippen LogP) is 4.48. The molecular formula is C16H26Cl2IN3O. The third-order valence-corrected chi connectivity index (χ3v) is 3.57. The van der Waals surface area contributed by atoms with Crippen molar-refractivity contribution in [3.63, 3.8) is 0 Å². The van der Waals surface area contributed by atoms with Crippen LogP contribution in [0.3, 0.4) is 0 Å². The number of benzene rings is 1. The van der Waals surface area contributed by atoms with Crippen LogP contribution >= 0.6 is 47.2 Å². The molecule has 4 nitrogen and oxygen atoms in total. The summed E-state index contributed by atoms with van der Waals surface area (Å²) in [4.78, 5) is 4.54. The summed E-state index contributed by atoms with van der Waals surface area (Å²) in [6.07, 6.45) is 2.09. The summed E-state index contributed by atoms with van der Waals surface area (Å²) in [6, 6.07) is 5.47. The molecule has 0 aliphatic carbocycles. The van der Waals surface area contributed by atoms with Crippen LogP contribution in [0.2, 0.25) is 10.0 Å². The monoisotopic (exact) mass is 473 g/mol. The van der Waals surface area contributed by atoms with E-state index in [0.29, 0.717) is 16.6 Å². The predicted molar refractivity (Wildman–Crippen MR) is 110 cm³/mol. The molecule has 0 radical (unpaired) electrons. The molecule has 1 aromatic rings. The van der Waals surface area contributed by atoms with Gasteiger partial charge in [-0.2, -0.15) is 0 Å². The summed E-state index contributed by atoms with van der Waals surface area (Å²) in [5.41, 5.74) is 0.958. The van der Waals surface area contributed by atoms with Gasteiger partial charge in [0.15, 0.2) is 5.96 Å². The van der Waals surface area contributed by atoms with E-state index >= 15 is 0 Å². The number of halogens is 3. The summed E-state index contributed by atoms with van der Waals surface area (Å²) < 4.78 is 5.32. The molecule has 0 unspecified atom stereocenters. The molecule has 23 heavy (non-hydrogen) atoms. The molecule has 0 spiro atoms. The maximum atomic E-state index is 6.16. The number of ether oxygens (including phenoxy) is 1. The first-order chi connectivity index (χ1) is 10.7. The number of guanidine groups is 1. The Morgan fingerprint density at radius 3 is 2.61 bits per heavy atom. The van der Waals surface area contributed by atoms with Gasteiger partial charge in [0.05, 0.1) is 6.54 Å². The standard InChI is InChI=1S/C16H25Cl2N3O.HI/c1-3-19-16(20-9-5-6-10-22-4-2)21-12-13-7-8-14(17)11-15(13)18;/h7-8,11H,3-6,9-10,12H2,1-2H3,(H2,19,20,21);1H. The largest absolute Gasteiger partial charge is 0.382 e. The zero-order chi connectivity index (χ0) is 16.2. The molecule has 0 amide bonds. The molecule has 0 heterocycles. The lowest BCUT2D eigenvalue weighted by molar-refractivity contribution is 0.143. The summed E-state index contributed by atoms with van der Waals surface area (Å²) in [7, 11) is 0. The first kappa shape index (κ1) is 22.8. The fourth-order valence-corrected chi connectivity index (χ4v) is 2.30. The second-order valence-electron chi connectivity index (χ2n) is 4.76. The Balaban J connectivity index is 0.00000484. The number of rotatable bonds is 9. The van der Waals surface area contributed by atoms with Gasteiger partial charge in [-0.1, -0.05) is 29.3 Å². The van der Waals surface area contributed by atoms with Crippen LogP contribution in [0.1, 0.15) is 32.3 Å². The normalized spacial score (nSPS) is 11.0. The number of nitrogens with one attached hydrogen (secondary N) is 2. The van der Waals surface area contributed by atoms with Crippen molar-refractivity contribution in [3.05, 3.63) is 33.8 Å². The molecule has 0 aliphatic rings. The molecule has 0 fully saturated rings. The van der Waals surface area contributed by atoms with E-state index in [9.17, 15) is 0 Å². The molecule has 0 saturated heterocycles. The van der Waals surface area contributed by atoms with Crippen molar-refractivity contribution in [2.45, 2.75) is 33.2 Å². The zero-order valence-corrected chi connectivity index (χ0v) is 17.5. The van der Waals surface area contributed by atoms with E-state index < -0.39 is 0 Å². The van der Waals surface area contributed by atoms with Crippen molar-refractivity contribution < 1.29 is 4.74 Å². The minimum absolute atomic E-state index is 0. The van der Waals surface area contributed by atoms with Crippen molar-refractivity contribution in [1.82, 2.24) is 10.6 Å². The smallest absolute Gasteiger partial charge is 0.191 e. The molecule has 2 N–H and O–H groups in total. The van der Waals surface area contributed by atoms with Crippen molar-refractivity contribution in [2.75, 3.05) is 26.3 Å². The Labute approximate surface area is 166 Å². The number of hydrogen-bond acceptors (Lipinski definition) is 2. The van der Waals surface area contributed by atoms with Gasteiger partial charge in [0.25, 0.3) is 0 Å². The first-order valence-corrected chi connectivity index (χ1v) is 8.46. The minimum atomic E-state index is 0. The number of hydrogen-bond donors (Lipinski definition) is 2. The van der Waals surface area contributed by atoms with Crippen molar-refractivity contribution in [3.8, 4) is 0 Å². The summed E-state index contributed by atoms with van der Waals surface area (Å²) in [5.74, 6) is 0.796. The molecule has 0 aromatic heterocycles. The Kier molecular flexibility index (Phi) is 14.0. The van der Waals surface area contributed by atoms with E-state index in [1.165, 1.54) is 0 Å². The number of aliphatic imine (C=N–C) groups is 1. The summed E-state index contributed by atoms with van der Waals surface area (Å²) >= 11 is 12.1. The zero-order valence-electron chi connectivity index (χ0n) is 13.7. The maximum absolute atomic E-state index is 6.16. The highest BCUT2D eigenvalue weighted by Gasteiger charge is 2.02.